The minimum Gasteiger partial charge on any atom is -0.496 e. The van der Waals surface area contributed by atoms with Gasteiger partial charge in [-0.1, -0.05) is 69.3 Å². The van der Waals surface area contributed by atoms with Crippen LogP contribution in [0.3, 0.4) is 0 Å². The Morgan fingerprint density at radius 3 is 2.26 bits per heavy atom. The Balaban J connectivity index is 1.59. The lowest BCUT2D eigenvalue weighted by Crippen LogP contribution is -2.32. The fourth-order valence-electron chi connectivity index (χ4n) is 5.61. The van der Waals surface area contributed by atoms with E-state index in [-0.39, 0.29) is 23.3 Å². The molecule has 5 rings (SSSR count). The second kappa shape index (κ2) is 10.5. The van der Waals surface area contributed by atoms with Crippen molar-refractivity contribution in [3.63, 3.8) is 0 Å². The van der Waals surface area contributed by atoms with Crippen LogP contribution in [0.5, 0.6) is 11.5 Å². The molecule has 3 aromatic rings. The van der Waals surface area contributed by atoms with Crippen molar-refractivity contribution in [2.24, 2.45) is 11.0 Å². The molecule has 1 heterocycles. The molecule has 196 valence electrons. The summed E-state index contributed by atoms with van der Waals surface area (Å²) in [6.45, 7) is 6.52. The Morgan fingerprint density at radius 1 is 0.921 bits per heavy atom. The Kier molecular flexibility index (Phi) is 7.11. The Hall–Kier alpha value is -3.86. The number of hydrogen-bond acceptors (Lipinski definition) is 4. The lowest BCUT2D eigenvalue weighted by Gasteiger charge is -2.30. The standard InChI is InChI=1S/C33H36N2O3/c1-33(2,3)25-19-17-22(18-20-25)32(36)35-31(26-13-7-9-16-29(26)38-5)27-14-10-12-24(30(27)34-35)21-23-11-6-8-15-28(23)37-4/h6-9,11,13,15-21,27,31H,10,12,14H2,1-5H3/b24-21-/t27-,31+/m0/s1. The minimum atomic E-state index is -0.239. The molecule has 38 heavy (non-hydrogen) atoms. The summed E-state index contributed by atoms with van der Waals surface area (Å²) >= 11 is 0. The van der Waals surface area contributed by atoms with Crippen LogP contribution in [0.15, 0.2) is 83.5 Å². The van der Waals surface area contributed by atoms with Gasteiger partial charge in [0.1, 0.15) is 11.5 Å². The molecule has 0 N–H and O–H groups in total. The molecule has 1 amide bonds. The summed E-state index contributed by atoms with van der Waals surface area (Å²) in [6.07, 6.45) is 5.07. The molecule has 0 bridgehead atoms. The van der Waals surface area contributed by atoms with E-state index in [0.717, 1.165) is 53.2 Å². The number of hydrogen-bond donors (Lipinski definition) is 0. The van der Waals surface area contributed by atoms with Gasteiger partial charge in [0.15, 0.2) is 0 Å². The monoisotopic (exact) mass is 508 g/mol. The number of nitrogens with zero attached hydrogens (tertiary/aromatic N) is 2. The van der Waals surface area contributed by atoms with Crippen LogP contribution in [-0.2, 0) is 5.41 Å². The molecule has 2 atom stereocenters. The highest BCUT2D eigenvalue weighted by Gasteiger charge is 2.45. The van der Waals surface area contributed by atoms with Gasteiger partial charge in [0, 0.05) is 22.6 Å². The van der Waals surface area contributed by atoms with E-state index in [4.69, 9.17) is 14.6 Å². The first-order valence-corrected chi connectivity index (χ1v) is 13.3. The van der Waals surface area contributed by atoms with Crippen LogP contribution in [-0.4, -0.2) is 30.8 Å². The van der Waals surface area contributed by atoms with E-state index in [0.29, 0.717) is 5.56 Å². The van der Waals surface area contributed by atoms with Crippen LogP contribution in [0, 0.1) is 5.92 Å². The van der Waals surface area contributed by atoms with Gasteiger partial charge >= 0.3 is 0 Å². The largest absolute Gasteiger partial charge is 0.496 e. The fourth-order valence-corrected chi connectivity index (χ4v) is 5.61. The fraction of sp³-hybridized carbons (Fsp3) is 0.333. The molecule has 0 saturated heterocycles. The average molecular weight is 509 g/mol. The maximum Gasteiger partial charge on any atom is 0.274 e. The molecule has 0 aromatic heterocycles. The van der Waals surface area contributed by atoms with Crippen LogP contribution < -0.4 is 9.47 Å². The third kappa shape index (κ3) is 4.85. The van der Waals surface area contributed by atoms with Crippen LogP contribution in [0.25, 0.3) is 6.08 Å². The highest BCUT2D eigenvalue weighted by molar-refractivity contribution is 6.09. The number of hydrazone groups is 1. The second-order valence-corrected chi connectivity index (χ2v) is 11.1. The number of methoxy groups -OCH3 is 2. The van der Waals surface area contributed by atoms with Crippen LogP contribution in [0.1, 0.15) is 73.1 Å². The zero-order valence-corrected chi connectivity index (χ0v) is 22.9. The molecule has 0 unspecified atom stereocenters. The third-order valence-corrected chi connectivity index (χ3v) is 7.63. The molecule has 3 aromatic carbocycles. The summed E-state index contributed by atoms with van der Waals surface area (Å²) < 4.78 is 11.4. The third-order valence-electron chi connectivity index (χ3n) is 7.63. The maximum atomic E-state index is 14.0. The van der Waals surface area contributed by atoms with Crippen molar-refractivity contribution in [2.45, 2.75) is 51.5 Å². The zero-order valence-electron chi connectivity index (χ0n) is 22.9. The molecule has 0 spiro atoms. The minimum absolute atomic E-state index is 0.0164. The highest BCUT2D eigenvalue weighted by Crippen LogP contribution is 2.47. The van der Waals surface area contributed by atoms with E-state index in [2.05, 4.69) is 51.1 Å². The van der Waals surface area contributed by atoms with Gasteiger partial charge in [-0.2, -0.15) is 5.10 Å². The number of benzene rings is 3. The van der Waals surface area contributed by atoms with Gasteiger partial charge in [0.2, 0.25) is 0 Å². The Labute approximate surface area is 225 Å². The van der Waals surface area contributed by atoms with Crippen molar-refractivity contribution < 1.29 is 14.3 Å². The number of carbonyl (C=O) groups is 1. The van der Waals surface area contributed by atoms with Gasteiger partial charge in [-0.05, 0) is 66.2 Å². The summed E-state index contributed by atoms with van der Waals surface area (Å²) in [5.74, 6) is 1.59. The summed E-state index contributed by atoms with van der Waals surface area (Å²) in [7, 11) is 3.37. The molecule has 5 nitrogen and oxygen atoms in total. The number of allylic oxidation sites excluding steroid dienone is 1. The van der Waals surface area contributed by atoms with Crippen LogP contribution in [0.2, 0.25) is 0 Å². The molecule has 1 saturated carbocycles. The van der Waals surface area contributed by atoms with Crippen molar-refractivity contribution >= 4 is 17.7 Å². The van der Waals surface area contributed by atoms with Crippen molar-refractivity contribution in [3.05, 3.63) is 101 Å². The smallest absolute Gasteiger partial charge is 0.274 e. The first-order chi connectivity index (χ1) is 18.3. The summed E-state index contributed by atoms with van der Waals surface area (Å²) in [5.41, 5.74) is 5.99. The number of para-hydroxylation sites is 2. The van der Waals surface area contributed by atoms with Crippen molar-refractivity contribution in [2.75, 3.05) is 14.2 Å². The highest BCUT2D eigenvalue weighted by atomic mass is 16.5. The van der Waals surface area contributed by atoms with Crippen molar-refractivity contribution in [1.29, 1.82) is 0 Å². The predicted octanol–water partition coefficient (Wildman–Crippen LogP) is 7.44. The van der Waals surface area contributed by atoms with Gasteiger partial charge in [-0.15, -0.1) is 0 Å². The Bertz CT molecular complexity index is 1380. The van der Waals surface area contributed by atoms with Gasteiger partial charge in [-0.25, -0.2) is 5.01 Å². The number of fused-ring (bicyclic) bond motifs is 1. The second-order valence-electron chi connectivity index (χ2n) is 11.1. The van der Waals surface area contributed by atoms with E-state index in [1.165, 1.54) is 5.56 Å². The molecule has 1 fully saturated rings. The normalized spacial score (nSPS) is 20.2. The lowest BCUT2D eigenvalue weighted by molar-refractivity contribution is 0.0678. The topological polar surface area (TPSA) is 51.1 Å². The molecule has 1 aliphatic heterocycles. The molecule has 1 aliphatic carbocycles. The van der Waals surface area contributed by atoms with Gasteiger partial charge < -0.3 is 9.47 Å². The molecule has 2 aliphatic rings. The van der Waals surface area contributed by atoms with Gasteiger partial charge in [-0.3, -0.25) is 4.79 Å². The lowest BCUT2D eigenvalue weighted by atomic mass is 9.77. The zero-order chi connectivity index (χ0) is 26.9. The Morgan fingerprint density at radius 2 is 1.58 bits per heavy atom. The summed E-state index contributed by atoms with van der Waals surface area (Å²) in [5, 5.41) is 6.76. The first kappa shape index (κ1) is 25.8. The van der Waals surface area contributed by atoms with E-state index in [1.54, 1.807) is 19.2 Å². The number of carbonyl (C=O) groups excluding carboxylic acids is 1. The number of amides is 1. The summed E-state index contributed by atoms with van der Waals surface area (Å²) in [4.78, 5) is 14.0. The maximum absolute atomic E-state index is 14.0. The van der Waals surface area contributed by atoms with E-state index in [1.807, 2.05) is 48.5 Å². The first-order valence-electron chi connectivity index (χ1n) is 13.3. The quantitative estimate of drug-likeness (QED) is 0.360. The van der Waals surface area contributed by atoms with Gasteiger partial charge in [0.25, 0.3) is 5.91 Å². The van der Waals surface area contributed by atoms with Crippen molar-refractivity contribution in [1.82, 2.24) is 5.01 Å². The van der Waals surface area contributed by atoms with E-state index in [9.17, 15) is 4.79 Å². The van der Waals surface area contributed by atoms with E-state index < -0.39 is 0 Å². The molecule has 5 heteroatoms. The number of rotatable bonds is 5. The van der Waals surface area contributed by atoms with Crippen LogP contribution >= 0.6 is 0 Å². The SMILES string of the molecule is COc1ccccc1/C=C1/CCC[C@H]2C1=NN(C(=O)c1ccc(C(C)(C)C)cc1)[C@@H]2c1ccccc1OC. The number of ether oxygens (including phenoxy) is 2. The average Bonchev–Trinajstić information content (AvgIpc) is 3.33. The predicted molar refractivity (Wildman–Crippen MR) is 153 cm³/mol. The van der Waals surface area contributed by atoms with Crippen LogP contribution in [0.4, 0.5) is 0 Å². The van der Waals surface area contributed by atoms with Crippen molar-refractivity contribution in [3.8, 4) is 11.5 Å². The summed E-state index contributed by atoms with van der Waals surface area (Å²) in [6, 6.07) is 23.7. The van der Waals surface area contributed by atoms with Gasteiger partial charge in [0.05, 0.1) is 26.0 Å². The molecule has 0 radical (unpaired) electrons. The molecular formula is C33H36N2O3. The van der Waals surface area contributed by atoms with E-state index >= 15 is 0 Å². The molecular weight excluding hydrogens is 472 g/mol.